The minimum absolute atomic E-state index is 0.138. The Labute approximate surface area is 122 Å². The molecular formula is C15H15ClN2O2. The van der Waals surface area contributed by atoms with Crippen LogP contribution in [0.25, 0.3) is 0 Å². The van der Waals surface area contributed by atoms with E-state index in [1.54, 1.807) is 18.2 Å². The predicted octanol–water partition coefficient (Wildman–Crippen LogP) is 2.07. The van der Waals surface area contributed by atoms with E-state index in [0.717, 1.165) is 5.56 Å². The number of pyridine rings is 1. The molecule has 2 N–H and O–H groups in total. The van der Waals surface area contributed by atoms with Crippen LogP contribution in [0.4, 0.5) is 0 Å². The van der Waals surface area contributed by atoms with Crippen LogP contribution in [0.5, 0.6) is 0 Å². The monoisotopic (exact) mass is 290 g/mol. The third-order valence-corrected chi connectivity index (χ3v) is 3.04. The van der Waals surface area contributed by atoms with Crippen molar-refractivity contribution in [1.29, 1.82) is 0 Å². The van der Waals surface area contributed by atoms with Crippen molar-refractivity contribution >= 4 is 17.5 Å². The number of nitrogens with one attached hydrogen (secondary N) is 1. The van der Waals surface area contributed by atoms with Crippen molar-refractivity contribution in [3.8, 4) is 0 Å². The lowest BCUT2D eigenvalue weighted by Crippen LogP contribution is -2.39. The second-order valence-electron chi connectivity index (χ2n) is 4.39. The Morgan fingerprint density at radius 3 is 2.60 bits per heavy atom. The van der Waals surface area contributed by atoms with Crippen LogP contribution in [0.3, 0.4) is 0 Å². The number of carbonyl (C=O) groups is 1. The maximum Gasteiger partial charge on any atom is 0.270 e. The molecule has 0 aliphatic carbocycles. The Morgan fingerprint density at radius 1 is 1.20 bits per heavy atom. The number of aliphatic hydroxyl groups is 1. The molecule has 1 heterocycles. The van der Waals surface area contributed by atoms with Crippen molar-refractivity contribution < 1.29 is 9.90 Å². The summed E-state index contributed by atoms with van der Waals surface area (Å²) in [6, 6.07) is 14.2. The number of nitrogens with zero attached hydrogens (tertiary/aromatic N) is 1. The molecule has 0 saturated carbocycles. The molecule has 0 fully saturated rings. The molecule has 2 aromatic rings. The van der Waals surface area contributed by atoms with Crippen molar-refractivity contribution in [2.45, 2.75) is 12.5 Å². The summed E-state index contributed by atoms with van der Waals surface area (Å²) in [5.41, 5.74) is 1.29. The van der Waals surface area contributed by atoms with Crippen LogP contribution in [-0.4, -0.2) is 28.6 Å². The number of aromatic nitrogens is 1. The lowest BCUT2D eigenvalue weighted by Gasteiger charge is -2.16. The molecule has 0 spiro atoms. The highest BCUT2D eigenvalue weighted by molar-refractivity contribution is 6.29. The fourth-order valence-corrected chi connectivity index (χ4v) is 2.02. The number of hydrogen-bond donors (Lipinski definition) is 2. The maximum atomic E-state index is 12.0. The quantitative estimate of drug-likeness (QED) is 0.829. The molecule has 20 heavy (non-hydrogen) atoms. The van der Waals surface area contributed by atoms with E-state index >= 15 is 0 Å². The second-order valence-corrected chi connectivity index (χ2v) is 4.78. The Bertz CT molecular complexity index is 575. The molecule has 2 rings (SSSR count). The van der Waals surface area contributed by atoms with Crippen LogP contribution < -0.4 is 5.32 Å². The molecule has 0 bridgehead atoms. The van der Waals surface area contributed by atoms with Crippen LogP contribution in [-0.2, 0) is 6.42 Å². The zero-order valence-electron chi connectivity index (χ0n) is 10.8. The van der Waals surface area contributed by atoms with E-state index in [1.807, 2.05) is 30.3 Å². The van der Waals surface area contributed by atoms with Gasteiger partial charge in [-0.1, -0.05) is 48.0 Å². The number of rotatable bonds is 5. The highest BCUT2D eigenvalue weighted by Crippen LogP contribution is 2.07. The summed E-state index contributed by atoms with van der Waals surface area (Å²) in [4.78, 5) is 16.0. The standard InChI is InChI=1S/C15H15ClN2O2/c16-14-8-4-7-13(18-14)15(20)17-12(10-19)9-11-5-2-1-3-6-11/h1-8,12,19H,9-10H2,(H,17,20). The van der Waals surface area contributed by atoms with E-state index in [0.29, 0.717) is 6.42 Å². The average molecular weight is 291 g/mol. The highest BCUT2D eigenvalue weighted by atomic mass is 35.5. The first kappa shape index (κ1) is 14.5. The molecule has 4 nitrogen and oxygen atoms in total. The van der Waals surface area contributed by atoms with E-state index in [9.17, 15) is 9.90 Å². The number of halogens is 1. The van der Waals surface area contributed by atoms with Gasteiger partial charge in [0.15, 0.2) is 0 Å². The summed E-state index contributed by atoms with van der Waals surface area (Å²) in [6.07, 6.45) is 0.559. The van der Waals surface area contributed by atoms with Crippen molar-refractivity contribution in [3.63, 3.8) is 0 Å². The van der Waals surface area contributed by atoms with Crippen LogP contribution >= 0.6 is 11.6 Å². The highest BCUT2D eigenvalue weighted by Gasteiger charge is 2.14. The summed E-state index contributed by atoms with van der Waals surface area (Å²) < 4.78 is 0. The first-order valence-electron chi connectivity index (χ1n) is 6.27. The summed E-state index contributed by atoms with van der Waals surface area (Å²) >= 11 is 5.75. The molecule has 1 atom stereocenters. The lowest BCUT2D eigenvalue weighted by molar-refractivity contribution is 0.0911. The lowest BCUT2D eigenvalue weighted by atomic mass is 10.1. The first-order chi connectivity index (χ1) is 9.69. The third-order valence-electron chi connectivity index (χ3n) is 2.83. The van der Waals surface area contributed by atoms with Crippen LogP contribution in [0.2, 0.25) is 5.15 Å². The molecular weight excluding hydrogens is 276 g/mol. The van der Waals surface area contributed by atoms with E-state index in [-0.39, 0.29) is 29.4 Å². The van der Waals surface area contributed by atoms with Gasteiger partial charge in [0, 0.05) is 0 Å². The van der Waals surface area contributed by atoms with E-state index in [2.05, 4.69) is 10.3 Å². The van der Waals surface area contributed by atoms with Gasteiger partial charge in [-0.2, -0.15) is 0 Å². The molecule has 1 amide bonds. The van der Waals surface area contributed by atoms with Gasteiger partial charge < -0.3 is 10.4 Å². The SMILES string of the molecule is O=C(NC(CO)Cc1ccccc1)c1cccc(Cl)n1. The molecule has 104 valence electrons. The van der Waals surface area contributed by atoms with Gasteiger partial charge in [-0.3, -0.25) is 4.79 Å². The summed E-state index contributed by atoms with van der Waals surface area (Å²) in [6.45, 7) is -0.138. The number of aliphatic hydroxyl groups excluding tert-OH is 1. The Morgan fingerprint density at radius 2 is 1.95 bits per heavy atom. The van der Waals surface area contributed by atoms with Gasteiger partial charge in [0.05, 0.1) is 12.6 Å². The normalized spacial score (nSPS) is 11.9. The van der Waals surface area contributed by atoms with Crippen molar-refractivity contribution in [1.82, 2.24) is 10.3 Å². The number of hydrogen-bond acceptors (Lipinski definition) is 3. The summed E-state index contributed by atoms with van der Waals surface area (Å²) in [7, 11) is 0. The van der Waals surface area contributed by atoms with Crippen molar-refractivity contribution in [2.24, 2.45) is 0 Å². The zero-order valence-corrected chi connectivity index (χ0v) is 11.5. The van der Waals surface area contributed by atoms with E-state index < -0.39 is 0 Å². The smallest absolute Gasteiger partial charge is 0.270 e. The average Bonchev–Trinajstić information content (AvgIpc) is 2.47. The van der Waals surface area contributed by atoms with Gasteiger partial charge in [-0.05, 0) is 24.1 Å². The number of amides is 1. The van der Waals surface area contributed by atoms with E-state index in [4.69, 9.17) is 11.6 Å². The van der Waals surface area contributed by atoms with Gasteiger partial charge >= 0.3 is 0 Å². The van der Waals surface area contributed by atoms with Crippen LogP contribution in [0.15, 0.2) is 48.5 Å². The Balaban J connectivity index is 2.01. The molecule has 0 aliphatic rings. The molecule has 1 aromatic heterocycles. The summed E-state index contributed by atoms with van der Waals surface area (Å²) in [5.74, 6) is -0.345. The Hall–Kier alpha value is -1.91. The molecule has 1 aromatic carbocycles. The molecule has 1 unspecified atom stereocenters. The predicted molar refractivity (Wildman–Crippen MR) is 77.7 cm³/mol. The van der Waals surface area contributed by atoms with Crippen LogP contribution in [0, 0.1) is 0 Å². The van der Waals surface area contributed by atoms with E-state index in [1.165, 1.54) is 0 Å². The molecule has 0 saturated heterocycles. The third kappa shape index (κ3) is 4.05. The number of benzene rings is 1. The van der Waals surface area contributed by atoms with Crippen LogP contribution in [0.1, 0.15) is 16.1 Å². The summed E-state index contributed by atoms with van der Waals surface area (Å²) in [5, 5.41) is 12.4. The van der Waals surface area contributed by atoms with Crippen molar-refractivity contribution in [3.05, 3.63) is 64.9 Å². The molecule has 5 heteroatoms. The maximum absolute atomic E-state index is 12.0. The second kappa shape index (κ2) is 7.03. The largest absolute Gasteiger partial charge is 0.394 e. The zero-order chi connectivity index (χ0) is 14.4. The van der Waals surface area contributed by atoms with Gasteiger partial charge in [0.2, 0.25) is 0 Å². The minimum atomic E-state index is -0.356. The Kier molecular flexibility index (Phi) is 5.09. The topological polar surface area (TPSA) is 62.2 Å². The number of carbonyl (C=O) groups excluding carboxylic acids is 1. The van der Waals surface area contributed by atoms with Gasteiger partial charge in [-0.25, -0.2) is 4.98 Å². The fourth-order valence-electron chi connectivity index (χ4n) is 1.85. The molecule has 0 radical (unpaired) electrons. The molecule has 0 aliphatic heterocycles. The van der Waals surface area contributed by atoms with Gasteiger partial charge in [-0.15, -0.1) is 0 Å². The minimum Gasteiger partial charge on any atom is -0.394 e. The fraction of sp³-hybridized carbons (Fsp3) is 0.200. The van der Waals surface area contributed by atoms with Crippen molar-refractivity contribution in [2.75, 3.05) is 6.61 Å². The van der Waals surface area contributed by atoms with Gasteiger partial charge in [0.1, 0.15) is 10.8 Å². The van der Waals surface area contributed by atoms with Gasteiger partial charge in [0.25, 0.3) is 5.91 Å². The first-order valence-corrected chi connectivity index (χ1v) is 6.65.